The molecule has 0 saturated carbocycles. The summed E-state index contributed by atoms with van der Waals surface area (Å²) in [6.45, 7) is 5.93. The molecule has 0 spiro atoms. The number of anilines is 1. The first-order chi connectivity index (χ1) is 10.9. The fraction of sp³-hybridized carbons (Fsp3) is 0.467. The summed E-state index contributed by atoms with van der Waals surface area (Å²) in [4.78, 5) is 0. The third-order valence-corrected chi connectivity index (χ3v) is 5.97. The van der Waals surface area contributed by atoms with Crippen molar-refractivity contribution in [1.82, 2.24) is 15.5 Å². The zero-order valence-electron chi connectivity index (χ0n) is 13.3. The maximum absolute atomic E-state index is 12.6. The van der Waals surface area contributed by atoms with E-state index in [1.165, 1.54) is 0 Å². The molecule has 2 heterocycles. The summed E-state index contributed by atoms with van der Waals surface area (Å²) in [7, 11) is -3.49. The van der Waals surface area contributed by atoms with Crippen molar-refractivity contribution in [3.8, 4) is 0 Å². The topological polar surface area (TPSA) is 97.1 Å². The van der Waals surface area contributed by atoms with E-state index in [1.54, 1.807) is 13.0 Å². The van der Waals surface area contributed by atoms with Crippen molar-refractivity contribution in [1.29, 1.82) is 0 Å². The molecule has 2 N–H and O–H groups in total. The van der Waals surface area contributed by atoms with Crippen LogP contribution in [0.1, 0.15) is 35.4 Å². The predicted octanol–water partition coefficient (Wildman–Crippen LogP) is 1.84. The molecule has 0 radical (unpaired) electrons. The third kappa shape index (κ3) is 3.23. The third-order valence-electron chi connectivity index (χ3n) is 4.23. The Morgan fingerprint density at radius 1 is 1.26 bits per heavy atom. The van der Waals surface area contributed by atoms with Crippen LogP contribution < -0.4 is 10.0 Å². The lowest BCUT2D eigenvalue weighted by Crippen LogP contribution is -2.29. The van der Waals surface area contributed by atoms with Gasteiger partial charge in [0.1, 0.15) is 0 Å². The Morgan fingerprint density at radius 2 is 2.04 bits per heavy atom. The number of hydrogen-bond donors (Lipinski definition) is 2. The second-order valence-corrected chi connectivity index (χ2v) is 7.83. The minimum Gasteiger partial charge on any atom is -0.424 e. The Kier molecular flexibility index (Phi) is 4.11. The fourth-order valence-corrected chi connectivity index (χ4v) is 4.13. The molecule has 1 aromatic heterocycles. The first-order valence-corrected chi connectivity index (χ1v) is 9.02. The molecule has 2 unspecified atom stereocenters. The molecule has 1 fully saturated rings. The number of aromatic nitrogens is 2. The molecular weight excluding hydrogens is 316 g/mol. The molecule has 2 atom stereocenters. The number of rotatable bonds is 4. The van der Waals surface area contributed by atoms with Crippen molar-refractivity contribution in [2.24, 2.45) is 0 Å². The largest absolute Gasteiger partial charge is 0.424 e. The van der Waals surface area contributed by atoms with E-state index < -0.39 is 15.3 Å². The zero-order chi connectivity index (χ0) is 16.6. The summed E-state index contributed by atoms with van der Waals surface area (Å²) in [5.41, 5.74) is 2.61. The molecule has 0 aliphatic carbocycles. The van der Waals surface area contributed by atoms with Crippen LogP contribution in [0.3, 0.4) is 0 Å². The van der Waals surface area contributed by atoms with Gasteiger partial charge in [-0.25, -0.2) is 8.42 Å². The molecule has 0 bridgehead atoms. The van der Waals surface area contributed by atoms with Crippen molar-refractivity contribution in [2.75, 3.05) is 11.3 Å². The van der Waals surface area contributed by atoms with Crippen LogP contribution in [0, 0.1) is 20.8 Å². The van der Waals surface area contributed by atoms with Crippen LogP contribution in [0.25, 0.3) is 0 Å². The van der Waals surface area contributed by atoms with Gasteiger partial charge in [0.05, 0.1) is 17.0 Å². The van der Waals surface area contributed by atoms with E-state index in [9.17, 15) is 8.42 Å². The molecule has 3 rings (SSSR count). The SMILES string of the molecule is Cc1nnc(C2CC(S(=O)(=O)Nc3cccc(C)c3C)CN2)o1. The van der Waals surface area contributed by atoms with Gasteiger partial charge >= 0.3 is 0 Å². The van der Waals surface area contributed by atoms with Gasteiger partial charge in [0.2, 0.25) is 21.8 Å². The van der Waals surface area contributed by atoms with Crippen molar-refractivity contribution < 1.29 is 12.8 Å². The standard InChI is InChI=1S/C15H20N4O3S/c1-9-5-4-6-13(10(9)2)19-23(20,21)12-7-14(16-8-12)15-18-17-11(3)22-15/h4-6,12,14,16,19H,7-8H2,1-3H3. The van der Waals surface area contributed by atoms with E-state index in [1.807, 2.05) is 26.0 Å². The van der Waals surface area contributed by atoms with Gasteiger partial charge < -0.3 is 9.73 Å². The molecular formula is C15H20N4O3S. The number of aryl methyl sites for hydroxylation is 2. The van der Waals surface area contributed by atoms with Crippen molar-refractivity contribution >= 4 is 15.7 Å². The van der Waals surface area contributed by atoms with E-state index in [0.29, 0.717) is 30.4 Å². The van der Waals surface area contributed by atoms with Crippen molar-refractivity contribution in [3.05, 3.63) is 41.1 Å². The number of hydrogen-bond acceptors (Lipinski definition) is 6. The first kappa shape index (κ1) is 15.9. The van der Waals surface area contributed by atoms with Gasteiger partial charge in [-0.05, 0) is 37.5 Å². The average Bonchev–Trinajstić information content (AvgIpc) is 3.12. The Labute approximate surface area is 135 Å². The Hall–Kier alpha value is -1.93. The normalized spacial score (nSPS) is 21.5. The highest BCUT2D eigenvalue weighted by atomic mass is 32.2. The molecule has 124 valence electrons. The van der Waals surface area contributed by atoms with Crippen LogP contribution in [0.2, 0.25) is 0 Å². The summed E-state index contributed by atoms with van der Waals surface area (Å²) >= 11 is 0. The maximum Gasteiger partial charge on any atom is 0.236 e. The maximum atomic E-state index is 12.6. The predicted molar refractivity (Wildman–Crippen MR) is 86.6 cm³/mol. The van der Waals surface area contributed by atoms with Gasteiger partial charge in [-0.3, -0.25) is 4.72 Å². The first-order valence-electron chi connectivity index (χ1n) is 7.48. The fourth-order valence-electron chi connectivity index (χ4n) is 2.68. The highest BCUT2D eigenvalue weighted by Crippen LogP contribution is 2.28. The lowest BCUT2D eigenvalue weighted by molar-refractivity contribution is 0.413. The average molecular weight is 336 g/mol. The number of nitrogens with zero attached hydrogens (tertiary/aromatic N) is 2. The minimum atomic E-state index is -3.49. The monoisotopic (exact) mass is 336 g/mol. The van der Waals surface area contributed by atoms with Gasteiger partial charge in [-0.1, -0.05) is 12.1 Å². The quantitative estimate of drug-likeness (QED) is 0.884. The van der Waals surface area contributed by atoms with Crippen LogP contribution in [-0.2, 0) is 10.0 Å². The second-order valence-electron chi connectivity index (χ2n) is 5.87. The van der Waals surface area contributed by atoms with Crippen LogP contribution in [0.4, 0.5) is 5.69 Å². The summed E-state index contributed by atoms with van der Waals surface area (Å²) < 4.78 is 33.4. The van der Waals surface area contributed by atoms with Crippen LogP contribution in [0.5, 0.6) is 0 Å². The van der Waals surface area contributed by atoms with E-state index in [2.05, 4.69) is 20.2 Å². The van der Waals surface area contributed by atoms with Crippen molar-refractivity contribution in [3.63, 3.8) is 0 Å². The Balaban J connectivity index is 1.75. The summed E-state index contributed by atoms with van der Waals surface area (Å²) in [5.74, 6) is 0.911. The van der Waals surface area contributed by atoms with Gasteiger partial charge in [0, 0.05) is 13.5 Å². The van der Waals surface area contributed by atoms with E-state index >= 15 is 0 Å². The highest BCUT2D eigenvalue weighted by Gasteiger charge is 2.37. The van der Waals surface area contributed by atoms with Gasteiger partial charge in [0.15, 0.2) is 0 Å². The van der Waals surface area contributed by atoms with Crippen LogP contribution >= 0.6 is 0 Å². The summed E-state index contributed by atoms with van der Waals surface area (Å²) in [6.07, 6.45) is 0.405. The van der Waals surface area contributed by atoms with Crippen LogP contribution in [0.15, 0.2) is 22.6 Å². The minimum absolute atomic E-state index is 0.226. The smallest absolute Gasteiger partial charge is 0.236 e. The molecule has 1 aromatic carbocycles. The molecule has 1 aliphatic rings. The van der Waals surface area contributed by atoms with E-state index in [-0.39, 0.29) is 6.04 Å². The van der Waals surface area contributed by atoms with Crippen LogP contribution in [-0.4, -0.2) is 30.4 Å². The van der Waals surface area contributed by atoms with Gasteiger partial charge in [-0.2, -0.15) is 0 Å². The van der Waals surface area contributed by atoms with E-state index in [0.717, 1.165) is 11.1 Å². The zero-order valence-corrected chi connectivity index (χ0v) is 14.1. The molecule has 1 aliphatic heterocycles. The van der Waals surface area contributed by atoms with Gasteiger partial charge in [0.25, 0.3) is 0 Å². The molecule has 23 heavy (non-hydrogen) atoms. The molecule has 0 amide bonds. The lowest BCUT2D eigenvalue weighted by atomic mass is 10.1. The van der Waals surface area contributed by atoms with Gasteiger partial charge in [-0.15, -0.1) is 10.2 Å². The lowest BCUT2D eigenvalue weighted by Gasteiger charge is -2.15. The number of nitrogens with one attached hydrogen (secondary N) is 2. The Bertz CT molecular complexity index is 816. The highest BCUT2D eigenvalue weighted by molar-refractivity contribution is 7.93. The van der Waals surface area contributed by atoms with Crippen molar-refractivity contribution in [2.45, 2.75) is 38.5 Å². The molecule has 8 heteroatoms. The number of benzene rings is 1. The number of sulfonamides is 1. The second kappa shape index (κ2) is 5.93. The molecule has 2 aromatic rings. The molecule has 1 saturated heterocycles. The van der Waals surface area contributed by atoms with E-state index in [4.69, 9.17) is 4.42 Å². The summed E-state index contributed by atoms with van der Waals surface area (Å²) in [5, 5.41) is 10.3. The molecule has 7 nitrogen and oxygen atoms in total. The Morgan fingerprint density at radius 3 is 2.74 bits per heavy atom. The summed E-state index contributed by atoms with van der Waals surface area (Å²) in [6, 6.07) is 5.35.